The van der Waals surface area contributed by atoms with Crippen LogP contribution in [-0.2, 0) is 14.6 Å². The van der Waals surface area contributed by atoms with Crippen molar-refractivity contribution in [3.63, 3.8) is 0 Å². The Balaban J connectivity index is 1.81. The summed E-state index contributed by atoms with van der Waals surface area (Å²) >= 11 is 0. The number of nitrogens with zero attached hydrogens (tertiary/aromatic N) is 3. The van der Waals surface area contributed by atoms with E-state index in [1.807, 2.05) is 6.92 Å². The molecule has 0 spiro atoms. The summed E-state index contributed by atoms with van der Waals surface area (Å²) in [4.78, 5) is 14.2. The standard InChI is InChI=1S/C13H19N3O4S/c1-10-12(13(17)15-3-5-20-6-4-15)8-14-16(10)11-2-7-21(18,19)9-11/h8,11H,2-7,9H2,1H3/t11-/m0/s1. The molecule has 21 heavy (non-hydrogen) atoms. The fourth-order valence-electron chi connectivity index (χ4n) is 2.91. The van der Waals surface area contributed by atoms with E-state index >= 15 is 0 Å². The number of aromatic nitrogens is 2. The summed E-state index contributed by atoms with van der Waals surface area (Å²) in [6.07, 6.45) is 2.12. The second-order valence-corrected chi connectivity index (χ2v) is 7.78. The molecule has 0 N–H and O–H groups in total. The second-order valence-electron chi connectivity index (χ2n) is 5.55. The van der Waals surface area contributed by atoms with Crippen molar-refractivity contribution in [2.45, 2.75) is 19.4 Å². The van der Waals surface area contributed by atoms with Crippen LogP contribution < -0.4 is 0 Å². The highest BCUT2D eigenvalue weighted by molar-refractivity contribution is 7.91. The van der Waals surface area contributed by atoms with Crippen LogP contribution in [0.15, 0.2) is 6.20 Å². The Morgan fingerprint density at radius 3 is 2.71 bits per heavy atom. The fraction of sp³-hybridized carbons (Fsp3) is 0.692. The molecule has 1 amide bonds. The molecule has 0 saturated carbocycles. The molecule has 2 aliphatic rings. The molecule has 116 valence electrons. The summed E-state index contributed by atoms with van der Waals surface area (Å²) in [6, 6.07) is -0.152. The van der Waals surface area contributed by atoms with Crippen molar-refractivity contribution in [2.75, 3.05) is 37.8 Å². The zero-order chi connectivity index (χ0) is 15.0. The summed E-state index contributed by atoms with van der Waals surface area (Å²) in [5.74, 6) is 0.257. The molecule has 1 atom stereocenters. The van der Waals surface area contributed by atoms with E-state index in [4.69, 9.17) is 4.74 Å². The minimum atomic E-state index is -2.96. The summed E-state index contributed by atoms with van der Waals surface area (Å²) in [5.41, 5.74) is 1.30. The first-order chi connectivity index (χ1) is 9.98. The lowest BCUT2D eigenvalue weighted by Gasteiger charge is -2.26. The zero-order valence-corrected chi connectivity index (χ0v) is 12.8. The predicted octanol–water partition coefficient (Wildman–Crippen LogP) is 0.0235. The molecule has 1 aromatic heterocycles. The molecule has 2 fully saturated rings. The van der Waals surface area contributed by atoms with Crippen molar-refractivity contribution in [3.8, 4) is 0 Å². The van der Waals surface area contributed by atoms with E-state index in [0.717, 1.165) is 5.69 Å². The third-order valence-electron chi connectivity index (χ3n) is 4.13. The van der Waals surface area contributed by atoms with Gasteiger partial charge in [-0.3, -0.25) is 9.48 Å². The van der Waals surface area contributed by atoms with Gasteiger partial charge in [0, 0.05) is 18.8 Å². The number of carbonyl (C=O) groups is 1. The van der Waals surface area contributed by atoms with E-state index in [2.05, 4.69) is 5.10 Å². The molecular weight excluding hydrogens is 294 g/mol. The smallest absolute Gasteiger partial charge is 0.257 e. The normalized spacial score (nSPS) is 25.2. The van der Waals surface area contributed by atoms with Crippen LogP contribution in [0.1, 0.15) is 28.5 Å². The molecule has 0 radical (unpaired) electrons. The van der Waals surface area contributed by atoms with E-state index in [1.165, 1.54) is 0 Å². The average Bonchev–Trinajstić information content (AvgIpc) is 3.01. The molecule has 0 aliphatic carbocycles. The van der Waals surface area contributed by atoms with Gasteiger partial charge in [0.2, 0.25) is 0 Å². The molecule has 0 aromatic carbocycles. The SMILES string of the molecule is Cc1c(C(=O)N2CCOCC2)cnn1[C@H]1CCS(=O)(=O)C1. The van der Waals surface area contributed by atoms with Gasteiger partial charge in [0.25, 0.3) is 5.91 Å². The van der Waals surface area contributed by atoms with E-state index in [-0.39, 0.29) is 23.5 Å². The first kappa shape index (κ1) is 14.5. The molecule has 0 unspecified atom stereocenters. The van der Waals surface area contributed by atoms with Crippen LogP contribution in [0.3, 0.4) is 0 Å². The van der Waals surface area contributed by atoms with Gasteiger partial charge in [0.15, 0.2) is 9.84 Å². The van der Waals surface area contributed by atoms with E-state index < -0.39 is 9.84 Å². The Hall–Kier alpha value is -1.41. The number of amides is 1. The quantitative estimate of drug-likeness (QED) is 0.769. The number of rotatable bonds is 2. The molecule has 7 nitrogen and oxygen atoms in total. The highest BCUT2D eigenvalue weighted by atomic mass is 32.2. The van der Waals surface area contributed by atoms with Crippen LogP contribution in [0, 0.1) is 6.92 Å². The van der Waals surface area contributed by atoms with Crippen molar-refractivity contribution in [1.82, 2.24) is 14.7 Å². The van der Waals surface area contributed by atoms with Crippen molar-refractivity contribution < 1.29 is 17.9 Å². The maximum absolute atomic E-state index is 12.5. The summed E-state index contributed by atoms with van der Waals surface area (Å²) in [6.45, 7) is 4.10. The highest BCUT2D eigenvalue weighted by Crippen LogP contribution is 2.25. The molecule has 3 rings (SSSR count). The van der Waals surface area contributed by atoms with Gasteiger partial charge in [-0.15, -0.1) is 0 Å². The van der Waals surface area contributed by atoms with Crippen LogP contribution in [0.2, 0.25) is 0 Å². The summed E-state index contributed by atoms with van der Waals surface area (Å²) in [5, 5.41) is 4.25. The summed E-state index contributed by atoms with van der Waals surface area (Å²) < 4.78 is 30.1. The van der Waals surface area contributed by atoms with E-state index in [1.54, 1.807) is 15.8 Å². The van der Waals surface area contributed by atoms with Gasteiger partial charge in [0.1, 0.15) is 0 Å². The lowest BCUT2D eigenvalue weighted by molar-refractivity contribution is 0.0302. The Kier molecular flexibility index (Phi) is 3.75. The molecule has 8 heteroatoms. The Labute approximate surface area is 123 Å². The van der Waals surface area contributed by atoms with Crippen molar-refractivity contribution in [2.24, 2.45) is 0 Å². The van der Waals surface area contributed by atoms with E-state index in [9.17, 15) is 13.2 Å². The van der Waals surface area contributed by atoms with Crippen molar-refractivity contribution in [3.05, 3.63) is 17.5 Å². The fourth-order valence-corrected chi connectivity index (χ4v) is 4.60. The minimum Gasteiger partial charge on any atom is -0.378 e. The van der Waals surface area contributed by atoms with Crippen molar-refractivity contribution in [1.29, 1.82) is 0 Å². The lowest BCUT2D eigenvalue weighted by Crippen LogP contribution is -2.40. The molecule has 2 saturated heterocycles. The molecule has 1 aromatic rings. The molecule has 0 bridgehead atoms. The van der Waals surface area contributed by atoms with Gasteiger partial charge in [-0.1, -0.05) is 0 Å². The molecular formula is C13H19N3O4S. The third-order valence-corrected chi connectivity index (χ3v) is 5.88. The number of sulfone groups is 1. The maximum Gasteiger partial charge on any atom is 0.257 e. The van der Waals surface area contributed by atoms with Gasteiger partial charge < -0.3 is 9.64 Å². The molecule has 2 aliphatic heterocycles. The highest BCUT2D eigenvalue weighted by Gasteiger charge is 2.32. The van der Waals surface area contributed by atoms with Crippen molar-refractivity contribution >= 4 is 15.7 Å². The number of hydrogen-bond donors (Lipinski definition) is 0. The van der Waals surface area contributed by atoms with Crippen LogP contribution in [0.25, 0.3) is 0 Å². The minimum absolute atomic E-state index is 0.0529. The van der Waals surface area contributed by atoms with Crippen LogP contribution in [0.4, 0.5) is 0 Å². The Morgan fingerprint density at radius 2 is 2.10 bits per heavy atom. The third kappa shape index (κ3) is 2.82. The van der Waals surface area contributed by atoms with Crippen LogP contribution >= 0.6 is 0 Å². The van der Waals surface area contributed by atoms with Gasteiger partial charge in [-0.05, 0) is 13.3 Å². The van der Waals surface area contributed by atoms with Gasteiger partial charge >= 0.3 is 0 Å². The number of morpholine rings is 1. The zero-order valence-electron chi connectivity index (χ0n) is 12.0. The number of ether oxygens (including phenoxy) is 1. The maximum atomic E-state index is 12.5. The largest absolute Gasteiger partial charge is 0.378 e. The van der Waals surface area contributed by atoms with Gasteiger partial charge in [0.05, 0.1) is 42.5 Å². The van der Waals surface area contributed by atoms with Crippen LogP contribution in [-0.4, -0.2) is 66.8 Å². The Morgan fingerprint density at radius 1 is 1.38 bits per heavy atom. The van der Waals surface area contributed by atoms with Gasteiger partial charge in [-0.25, -0.2) is 8.42 Å². The van der Waals surface area contributed by atoms with Gasteiger partial charge in [-0.2, -0.15) is 5.10 Å². The monoisotopic (exact) mass is 313 g/mol. The van der Waals surface area contributed by atoms with Crippen LogP contribution in [0.5, 0.6) is 0 Å². The lowest BCUT2D eigenvalue weighted by atomic mass is 10.2. The Bertz CT molecular complexity index is 646. The first-order valence-corrected chi connectivity index (χ1v) is 8.91. The second kappa shape index (κ2) is 5.42. The number of hydrogen-bond acceptors (Lipinski definition) is 5. The average molecular weight is 313 g/mol. The summed E-state index contributed by atoms with van der Waals surface area (Å²) in [7, 11) is -2.96. The first-order valence-electron chi connectivity index (χ1n) is 7.09. The predicted molar refractivity (Wildman–Crippen MR) is 76.0 cm³/mol. The topological polar surface area (TPSA) is 81.5 Å². The molecule has 3 heterocycles. The van der Waals surface area contributed by atoms with E-state index in [0.29, 0.717) is 38.3 Å². The number of carbonyl (C=O) groups excluding carboxylic acids is 1.